The maximum absolute atomic E-state index is 13.5. The Kier molecular flexibility index (Phi) is 2.85. The number of rotatable bonds is 1. The van der Waals surface area contributed by atoms with Crippen molar-refractivity contribution in [3.8, 4) is 0 Å². The van der Waals surface area contributed by atoms with Gasteiger partial charge in [-0.2, -0.15) is 4.39 Å². The van der Waals surface area contributed by atoms with Crippen LogP contribution in [0.1, 0.15) is 37.0 Å². The Balaban J connectivity index is 2.35. The van der Waals surface area contributed by atoms with Crippen molar-refractivity contribution in [3.05, 3.63) is 29.6 Å². The van der Waals surface area contributed by atoms with E-state index in [1.165, 1.54) is 6.07 Å². The lowest BCUT2D eigenvalue weighted by molar-refractivity contribution is 0.0645. The van der Waals surface area contributed by atoms with Gasteiger partial charge < -0.3 is 4.90 Å². The van der Waals surface area contributed by atoms with Crippen LogP contribution in [0.25, 0.3) is 0 Å². The molecule has 2 rings (SSSR count). The molecule has 1 aliphatic rings. The van der Waals surface area contributed by atoms with Crippen LogP contribution in [-0.4, -0.2) is 27.9 Å². The van der Waals surface area contributed by atoms with E-state index in [4.69, 9.17) is 0 Å². The Bertz CT molecular complexity index is 460. The van der Waals surface area contributed by atoms with Crippen LogP contribution in [0.4, 0.5) is 8.78 Å². The number of carbonyl (C=O) groups is 1. The molecule has 0 radical (unpaired) electrons. The average molecular weight is 240 g/mol. The van der Waals surface area contributed by atoms with Crippen molar-refractivity contribution in [2.45, 2.75) is 32.2 Å². The Morgan fingerprint density at radius 1 is 1.47 bits per heavy atom. The molecule has 0 unspecified atom stereocenters. The Labute approximate surface area is 98.5 Å². The Morgan fingerprint density at radius 3 is 2.76 bits per heavy atom. The summed E-state index contributed by atoms with van der Waals surface area (Å²) in [5, 5.41) is 0. The number of carbonyl (C=O) groups excluding carboxylic acids is 1. The summed E-state index contributed by atoms with van der Waals surface area (Å²) in [6.45, 7) is 4.43. The second-order valence-electron chi connectivity index (χ2n) is 4.84. The fourth-order valence-electron chi connectivity index (χ4n) is 2.21. The first kappa shape index (κ1) is 12.0. The first-order valence-electron chi connectivity index (χ1n) is 5.55. The van der Waals surface area contributed by atoms with Crippen LogP contribution < -0.4 is 0 Å². The van der Waals surface area contributed by atoms with Gasteiger partial charge in [-0.1, -0.05) is 0 Å². The zero-order chi connectivity index (χ0) is 12.6. The van der Waals surface area contributed by atoms with Gasteiger partial charge in [0.1, 0.15) is 0 Å². The highest BCUT2D eigenvalue weighted by Gasteiger charge is 2.37. The molecule has 0 saturated carbocycles. The molecule has 1 fully saturated rings. The van der Waals surface area contributed by atoms with E-state index in [1.807, 2.05) is 13.8 Å². The summed E-state index contributed by atoms with van der Waals surface area (Å²) in [6, 6.07) is 1.22. The lowest BCUT2D eigenvalue weighted by atomic mass is 10.0. The third-order valence-electron chi connectivity index (χ3n) is 3.22. The molecule has 17 heavy (non-hydrogen) atoms. The molecular weight excluding hydrogens is 226 g/mol. The van der Waals surface area contributed by atoms with E-state index in [2.05, 4.69) is 4.98 Å². The topological polar surface area (TPSA) is 33.2 Å². The first-order valence-corrected chi connectivity index (χ1v) is 5.55. The lowest BCUT2D eigenvalue weighted by Gasteiger charge is -2.31. The molecule has 3 nitrogen and oxygen atoms in total. The fourth-order valence-corrected chi connectivity index (χ4v) is 2.21. The molecule has 92 valence electrons. The average Bonchev–Trinajstić information content (AvgIpc) is 2.61. The van der Waals surface area contributed by atoms with Gasteiger partial charge >= 0.3 is 0 Å². The Hall–Kier alpha value is -1.52. The SMILES string of the molecule is CC1(C)CCCN1C(=O)c1ccnc(F)c1F. The van der Waals surface area contributed by atoms with Crippen molar-refractivity contribution in [2.75, 3.05) is 6.54 Å². The predicted molar refractivity (Wildman–Crippen MR) is 58.5 cm³/mol. The maximum Gasteiger partial charge on any atom is 0.257 e. The molecule has 0 bridgehead atoms. The van der Waals surface area contributed by atoms with E-state index in [0.29, 0.717) is 6.54 Å². The van der Waals surface area contributed by atoms with Gasteiger partial charge in [0.15, 0.2) is 5.82 Å². The number of halogens is 2. The molecule has 0 spiro atoms. The number of hydrogen-bond acceptors (Lipinski definition) is 2. The van der Waals surface area contributed by atoms with Gasteiger partial charge in [0, 0.05) is 18.3 Å². The van der Waals surface area contributed by atoms with Crippen LogP contribution in [0.15, 0.2) is 12.3 Å². The van der Waals surface area contributed by atoms with Gasteiger partial charge in [-0.3, -0.25) is 4.79 Å². The van der Waals surface area contributed by atoms with Gasteiger partial charge in [-0.25, -0.2) is 9.37 Å². The summed E-state index contributed by atoms with van der Waals surface area (Å²) >= 11 is 0. The van der Waals surface area contributed by atoms with E-state index >= 15 is 0 Å². The number of pyridine rings is 1. The zero-order valence-corrected chi connectivity index (χ0v) is 9.83. The number of aromatic nitrogens is 1. The van der Waals surface area contributed by atoms with E-state index in [9.17, 15) is 13.6 Å². The molecule has 1 aliphatic heterocycles. The van der Waals surface area contributed by atoms with E-state index in [-0.39, 0.29) is 11.1 Å². The van der Waals surface area contributed by atoms with Crippen molar-refractivity contribution in [1.82, 2.24) is 9.88 Å². The molecule has 0 aliphatic carbocycles. The summed E-state index contributed by atoms with van der Waals surface area (Å²) in [7, 11) is 0. The van der Waals surface area contributed by atoms with Crippen LogP contribution in [0, 0.1) is 11.8 Å². The van der Waals surface area contributed by atoms with Crippen LogP contribution in [0.2, 0.25) is 0 Å². The third kappa shape index (κ3) is 2.01. The fraction of sp³-hybridized carbons (Fsp3) is 0.500. The number of amides is 1. The van der Waals surface area contributed by atoms with E-state index in [0.717, 1.165) is 19.0 Å². The smallest absolute Gasteiger partial charge is 0.257 e. The molecule has 0 aromatic carbocycles. The molecule has 5 heteroatoms. The maximum atomic E-state index is 13.5. The van der Waals surface area contributed by atoms with Gasteiger partial charge in [-0.05, 0) is 32.8 Å². The van der Waals surface area contributed by atoms with Crippen LogP contribution in [0.3, 0.4) is 0 Å². The summed E-state index contributed by atoms with van der Waals surface area (Å²) < 4.78 is 26.4. The second-order valence-corrected chi connectivity index (χ2v) is 4.84. The molecular formula is C12H14F2N2O. The van der Waals surface area contributed by atoms with Gasteiger partial charge in [0.25, 0.3) is 5.91 Å². The summed E-state index contributed by atoms with van der Waals surface area (Å²) in [6.07, 6.45) is 2.86. The van der Waals surface area contributed by atoms with Crippen LogP contribution in [0.5, 0.6) is 0 Å². The van der Waals surface area contributed by atoms with Gasteiger partial charge in [0.05, 0.1) is 5.56 Å². The van der Waals surface area contributed by atoms with Gasteiger partial charge in [0.2, 0.25) is 5.95 Å². The highest BCUT2D eigenvalue weighted by atomic mass is 19.2. The molecule has 0 atom stereocenters. The predicted octanol–water partition coefficient (Wildman–Crippen LogP) is 2.37. The van der Waals surface area contributed by atoms with Crippen molar-refractivity contribution >= 4 is 5.91 Å². The molecule has 1 aromatic rings. The van der Waals surface area contributed by atoms with Gasteiger partial charge in [-0.15, -0.1) is 0 Å². The largest absolute Gasteiger partial charge is 0.333 e. The monoisotopic (exact) mass is 240 g/mol. The molecule has 1 saturated heterocycles. The van der Waals surface area contributed by atoms with Crippen molar-refractivity contribution in [2.24, 2.45) is 0 Å². The number of hydrogen-bond donors (Lipinski definition) is 0. The lowest BCUT2D eigenvalue weighted by Crippen LogP contribution is -2.43. The van der Waals surface area contributed by atoms with E-state index < -0.39 is 17.7 Å². The zero-order valence-electron chi connectivity index (χ0n) is 9.83. The first-order chi connectivity index (χ1) is 7.93. The van der Waals surface area contributed by atoms with E-state index in [1.54, 1.807) is 4.90 Å². The minimum atomic E-state index is -1.23. The standard InChI is InChI=1S/C12H14F2N2O/c1-12(2)5-3-7-16(12)11(17)8-4-6-15-10(14)9(8)13/h4,6H,3,5,7H2,1-2H3. The summed E-state index contributed by atoms with van der Waals surface area (Å²) in [4.78, 5) is 16.9. The van der Waals surface area contributed by atoms with Crippen LogP contribution in [-0.2, 0) is 0 Å². The molecule has 2 heterocycles. The van der Waals surface area contributed by atoms with Crippen molar-refractivity contribution < 1.29 is 13.6 Å². The quantitative estimate of drug-likeness (QED) is 0.706. The minimum Gasteiger partial charge on any atom is -0.333 e. The Morgan fingerprint density at radius 2 is 2.18 bits per heavy atom. The van der Waals surface area contributed by atoms with Crippen LogP contribution >= 0.6 is 0 Å². The van der Waals surface area contributed by atoms with Crippen molar-refractivity contribution in [3.63, 3.8) is 0 Å². The normalized spacial score (nSPS) is 18.5. The number of nitrogens with zero attached hydrogens (tertiary/aromatic N) is 2. The minimum absolute atomic E-state index is 0.243. The summed E-state index contributed by atoms with van der Waals surface area (Å²) in [5.74, 6) is -2.86. The highest BCUT2D eigenvalue weighted by Crippen LogP contribution is 2.30. The molecule has 1 aromatic heterocycles. The highest BCUT2D eigenvalue weighted by molar-refractivity contribution is 5.95. The second kappa shape index (κ2) is 4.05. The summed E-state index contributed by atoms with van der Waals surface area (Å²) in [5.41, 5.74) is -0.545. The van der Waals surface area contributed by atoms with Crippen molar-refractivity contribution in [1.29, 1.82) is 0 Å². The molecule has 1 amide bonds. The third-order valence-corrected chi connectivity index (χ3v) is 3.22. The number of likely N-dealkylation sites (tertiary alicyclic amines) is 1. The molecule has 0 N–H and O–H groups in total.